The van der Waals surface area contributed by atoms with E-state index < -0.39 is 0 Å². The van der Waals surface area contributed by atoms with Crippen molar-refractivity contribution in [3.63, 3.8) is 0 Å². The molecule has 1 unspecified atom stereocenters. The lowest BCUT2D eigenvalue weighted by atomic mass is 10.4. The third kappa shape index (κ3) is 0.903. The summed E-state index contributed by atoms with van der Waals surface area (Å²) < 4.78 is 0. The van der Waals surface area contributed by atoms with Crippen LogP contribution in [0, 0.1) is 6.92 Å². The first-order chi connectivity index (χ1) is 4.77. The van der Waals surface area contributed by atoms with Gasteiger partial charge in [0.05, 0.1) is 4.88 Å². The van der Waals surface area contributed by atoms with Gasteiger partial charge in [-0.05, 0) is 6.92 Å². The molecule has 1 aliphatic rings. The quantitative estimate of drug-likeness (QED) is 0.525. The Bertz CT molecular complexity index is 250. The lowest BCUT2D eigenvalue weighted by Gasteiger charge is -1.86. The molecule has 0 saturated heterocycles. The van der Waals surface area contributed by atoms with Crippen molar-refractivity contribution in [2.75, 3.05) is 12.0 Å². The minimum atomic E-state index is 0.583. The van der Waals surface area contributed by atoms with E-state index in [1.807, 2.05) is 11.3 Å². The van der Waals surface area contributed by atoms with E-state index in [0.29, 0.717) is 10.9 Å². The van der Waals surface area contributed by atoms with Gasteiger partial charge >= 0.3 is 0 Å². The van der Waals surface area contributed by atoms with Gasteiger partial charge in [0.2, 0.25) is 0 Å². The molecule has 0 saturated carbocycles. The molecule has 0 fully saturated rings. The Morgan fingerprint density at radius 2 is 2.40 bits per heavy atom. The average molecular weight is 171 g/mol. The molecule has 0 spiro atoms. The Morgan fingerprint density at radius 1 is 1.60 bits per heavy atom. The largest absolute Gasteiger partial charge is 0.168 e. The van der Waals surface area contributed by atoms with Crippen LogP contribution in [0.5, 0.6) is 0 Å². The van der Waals surface area contributed by atoms with Gasteiger partial charge in [0, 0.05) is 28.3 Å². The predicted molar refractivity (Wildman–Crippen MR) is 49.2 cm³/mol. The number of rotatable bonds is 0. The van der Waals surface area contributed by atoms with Crippen LogP contribution in [0.2, 0.25) is 0 Å². The zero-order chi connectivity index (χ0) is 7.14. The standard InChI is InChI=1S/C8H11S2/c1-6-5-8-7(9-6)3-4-10(8)2/h5H,3-4H2,1-2H3/q+1. The molecule has 2 heteroatoms. The number of fused-ring (bicyclic) bond motifs is 1. The van der Waals surface area contributed by atoms with Crippen molar-refractivity contribution in [1.82, 2.24) is 0 Å². The first-order valence-corrected chi connectivity index (χ1v) is 6.11. The Kier molecular flexibility index (Phi) is 1.53. The first kappa shape index (κ1) is 6.74. The molecule has 0 aromatic carbocycles. The van der Waals surface area contributed by atoms with Crippen molar-refractivity contribution in [2.45, 2.75) is 18.2 Å². The highest BCUT2D eigenvalue weighted by atomic mass is 32.2. The minimum Gasteiger partial charge on any atom is -0.140 e. The highest BCUT2D eigenvalue weighted by Gasteiger charge is 2.29. The molecule has 0 radical (unpaired) electrons. The molecule has 2 rings (SSSR count). The third-order valence-electron chi connectivity index (χ3n) is 1.90. The summed E-state index contributed by atoms with van der Waals surface area (Å²) in [6.07, 6.45) is 3.70. The second kappa shape index (κ2) is 2.28. The van der Waals surface area contributed by atoms with Gasteiger partial charge < -0.3 is 0 Å². The Labute approximate surface area is 68.6 Å². The summed E-state index contributed by atoms with van der Waals surface area (Å²) in [6, 6.07) is 2.37. The molecular weight excluding hydrogens is 160 g/mol. The van der Waals surface area contributed by atoms with Crippen LogP contribution >= 0.6 is 11.3 Å². The lowest BCUT2D eigenvalue weighted by Crippen LogP contribution is -1.96. The van der Waals surface area contributed by atoms with Gasteiger partial charge in [-0.3, -0.25) is 0 Å². The van der Waals surface area contributed by atoms with E-state index in [1.165, 1.54) is 17.1 Å². The normalized spacial score (nSPS) is 23.2. The van der Waals surface area contributed by atoms with Gasteiger partial charge in [-0.1, -0.05) is 0 Å². The van der Waals surface area contributed by atoms with Crippen LogP contribution < -0.4 is 0 Å². The van der Waals surface area contributed by atoms with Gasteiger partial charge in [-0.15, -0.1) is 11.3 Å². The van der Waals surface area contributed by atoms with Gasteiger partial charge in [0.25, 0.3) is 0 Å². The number of hydrogen-bond donors (Lipinski definition) is 0. The van der Waals surface area contributed by atoms with E-state index in [-0.39, 0.29) is 0 Å². The van der Waals surface area contributed by atoms with E-state index in [4.69, 9.17) is 0 Å². The van der Waals surface area contributed by atoms with Crippen LogP contribution in [-0.4, -0.2) is 12.0 Å². The first-order valence-electron chi connectivity index (χ1n) is 3.49. The summed E-state index contributed by atoms with van der Waals surface area (Å²) in [5, 5.41) is 0. The molecule has 54 valence electrons. The second-order valence-corrected chi connectivity index (χ2v) is 6.20. The van der Waals surface area contributed by atoms with E-state index in [0.717, 1.165) is 0 Å². The van der Waals surface area contributed by atoms with E-state index in [9.17, 15) is 0 Å². The molecule has 0 N–H and O–H groups in total. The van der Waals surface area contributed by atoms with Crippen molar-refractivity contribution in [3.05, 3.63) is 15.8 Å². The van der Waals surface area contributed by atoms with Gasteiger partial charge in [0.1, 0.15) is 12.0 Å². The van der Waals surface area contributed by atoms with Crippen LogP contribution in [-0.2, 0) is 17.3 Å². The Hall–Kier alpha value is 0.0500. The minimum absolute atomic E-state index is 0.583. The molecular formula is C8H11S2+. The molecule has 0 amide bonds. The average Bonchev–Trinajstić information content (AvgIpc) is 2.35. The summed E-state index contributed by atoms with van der Waals surface area (Å²) in [5.41, 5.74) is 0. The zero-order valence-electron chi connectivity index (χ0n) is 6.31. The van der Waals surface area contributed by atoms with Crippen LogP contribution in [0.3, 0.4) is 0 Å². The van der Waals surface area contributed by atoms with E-state index in [2.05, 4.69) is 19.2 Å². The molecule has 1 aliphatic heterocycles. The maximum atomic E-state index is 2.37. The fourth-order valence-corrected chi connectivity index (χ4v) is 4.65. The van der Waals surface area contributed by atoms with Crippen molar-refractivity contribution in [1.29, 1.82) is 0 Å². The molecule has 0 bridgehead atoms. The number of thiophene rings is 1. The van der Waals surface area contributed by atoms with Crippen molar-refractivity contribution in [2.24, 2.45) is 0 Å². The highest BCUT2D eigenvalue weighted by molar-refractivity contribution is 7.96. The smallest absolute Gasteiger partial charge is 0.140 e. The van der Waals surface area contributed by atoms with E-state index >= 15 is 0 Å². The van der Waals surface area contributed by atoms with Crippen LogP contribution in [0.1, 0.15) is 9.75 Å². The highest BCUT2D eigenvalue weighted by Crippen LogP contribution is 2.32. The second-order valence-electron chi connectivity index (χ2n) is 2.74. The summed E-state index contributed by atoms with van der Waals surface area (Å²) in [5.74, 6) is 1.40. The molecule has 2 heterocycles. The lowest BCUT2D eigenvalue weighted by molar-refractivity contribution is 1.21. The van der Waals surface area contributed by atoms with Gasteiger partial charge in [0.15, 0.2) is 4.90 Å². The summed E-state index contributed by atoms with van der Waals surface area (Å²) in [4.78, 5) is 4.80. The van der Waals surface area contributed by atoms with Crippen LogP contribution in [0.15, 0.2) is 11.0 Å². The van der Waals surface area contributed by atoms with Crippen molar-refractivity contribution < 1.29 is 0 Å². The zero-order valence-corrected chi connectivity index (χ0v) is 7.94. The molecule has 1 atom stereocenters. The molecule has 1 aromatic heterocycles. The number of hydrogen-bond acceptors (Lipinski definition) is 1. The van der Waals surface area contributed by atoms with Gasteiger partial charge in [-0.2, -0.15) is 0 Å². The summed E-state index contributed by atoms with van der Waals surface area (Å²) >= 11 is 1.99. The molecule has 10 heavy (non-hydrogen) atoms. The summed E-state index contributed by atoms with van der Waals surface area (Å²) in [6.45, 7) is 2.21. The number of aryl methyl sites for hydroxylation is 2. The summed E-state index contributed by atoms with van der Waals surface area (Å²) in [7, 11) is 0.583. The van der Waals surface area contributed by atoms with Crippen molar-refractivity contribution >= 4 is 22.2 Å². The fourth-order valence-electron chi connectivity index (χ4n) is 1.36. The Morgan fingerprint density at radius 3 is 3.10 bits per heavy atom. The fraction of sp³-hybridized carbons (Fsp3) is 0.500. The topological polar surface area (TPSA) is 0 Å². The SMILES string of the molecule is Cc1cc2c(s1)CC[S+]2C. The molecule has 1 aromatic rings. The maximum Gasteiger partial charge on any atom is 0.168 e. The van der Waals surface area contributed by atoms with Crippen LogP contribution in [0.25, 0.3) is 0 Å². The molecule has 0 nitrogen and oxygen atoms in total. The van der Waals surface area contributed by atoms with Gasteiger partial charge in [-0.25, -0.2) is 0 Å². The van der Waals surface area contributed by atoms with E-state index in [1.54, 1.807) is 9.77 Å². The third-order valence-corrected chi connectivity index (χ3v) is 5.08. The maximum absolute atomic E-state index is 2.37. The Balaban J connectivity index is 2.49. The predicted octanol–water partition coefficient (Wildman–Crippen LogP) is 2.22. The molecule has 0 aliphatic carbocycles. The van der Waals surface area contributed by atoms with Crippen molar-refractivity contribution in [3.8, 4) is 0 Å². The van der Waals surface area contributed by atoms with Crippen LogP contribution in [0.4, 0.5) is 0 Å². The monoisotopic (exact) mass is 171 g/mol.